The first-order valence-electron chi connectivity index (χ1n) is 7.62. The molecular weight excluding hydrogens is 408 g/mol. The van der Waals surface area contributed by atoms with Crippen molar-refractivity contribution in [3.63, 3.8) is 0 Å². The molecule has 2 rings (SSSR count). The van der Waals surface area contributed by atoms with Gasteiger partial charge < -0.3 is 10.1 Å². The van der Waals surface area contributed by atoms with Gasteiger partial charge in [0, 0.05) is 22.3 Å². The molecular formula is C17H19BrN2O4S. The van der Waals surface area contributed by atoms with E-state index >= 15 is 0 Å². The van der Waals surface area contributed by atoms with Gasteiger partial charge in [0.1, 0.15) is 10.6 Å². The number of methoxy groups -OCH3 is 1. The molecule has 0 bridgehead atoms. The zero-order chi connectivity index (χ0) is 18.4. The summed E-state index contributed by atoms with van der Waals surface area (Å²) in [5, 5.41) is 2.73. The molecule has 2 aromatic carbocycles. The molecule has 0 aliphatic carbocycles. The van der Waals surface area contributed by atoms with Gasteiger partial charge in [-0.2, -0.15) is 0 Å². The van der Waals surface area contributed by atoms with E-state index in [1.165, 1.54) is 25.3 Å². The lowest BCUT2D eigenvalue weighted by atomic mass is 10.2. The maximum Gasteiger partial charge on any atom is 0.255 e. The van der Waals surface area contributed by atoms with Crippen LogP contribution >= 0.6 is 15.9 Å². The van der Waals surface area contributed by atoms with Gasteiger partial charge in [0.2, 0.25) is 10.0 Å². The highest BCUT2D eigenvalue weighted by Gasteiger charge is 2.21. The number of anilines is 1. The van der Waals surface area contributed by atoms with E-state index in [4.69, 9.17) is 4.74 Å². The zero-order valence-electron chi connectivity index (χ0n) is 13.9. The van der Waals surface area contributed by atoms with Crippen molar-refractivity contribution in [2.24, 2.45) is 0 Å². The number of hydrogen-bond donors (Lipinski definition) is 2. The van der Waals surface area contributed by atoms with E-state index in [9.17, 15) is 13.2 Å². The number of carbonyl (C=O) groups excluding carboxylic acids is 1. The highest BCUT2D eigenvalue weighted by molar-refractivity contribution is 9.10. The Morgan fingerprint density at radius 3 is 2.44 bits per heavy atom. The van der Waals surface area contributed by atoms with Gasteiger partial charge >= 0.3 is 0 Å². The average Bonchev–Trinajstić information content (AvgIpc) is 2.61. The van der Waals surface area contributed by atoms with Gasteiger partial charge in [0.15, 0.2) is 0 Å². The molecule has 0 unspecified atom stereocenters. The molecule has 2 N–H and O–H groups in total. The number of amides is 1. The lowest BCUT2D eigenvalue weighted by Gasteiger charge is -2.12. The van der Waals surface area contributed by atoms with E-state index < -0.39 is 15.9 Å². The largest absolute Gasteiger partial charge is 0.495 e. The first kappa shape index (κ1) is 19.4. The third kappa shape index (κ3) is 5.04. The van der Waals surface area contributed by atoms with E-state index in [2.05, 4.69) is 26.0 Å². The number of nitrogens with one attached hydrogen (secondary N) is 2. The number of ether oxygens (including phenoxy) is 1. The SMILES string of the molecule is CCCNS(=O)(=O)c1cc(C(=O)Nc2ccc(Br)cc2)ccc1OC. The summed E-state index contributed by atoms with van der Waals surface area (Å²) in [6.07, 6.45) is 0.658. The number of rotatable bonds is 7. The van der Waals surface area contributed by atoms with Crippen LogP contribution in [0.2, 0.25) is 0 Å². The summed E-state index contributed by atoms with van der Waals surface area (Å²) in [6.45, 7) is 2.17. The Bertz CT molecular complexity index is 851. The van der Waals surface area contributed by atoms with E-state index in [0.29, 0.717) is 18.7 Å². The lowest BCUT2D eigenvalue weighted by Crippen LogP contribution is -2.25. The van der Waals surface area contributed by atoms with Gasteiger partial charge in [-0.15, -0.1) is 0 Å². The Labute approximate surface area is 155 Å². The normalized spacial score (nSPS) is 11.2. The van der Waals surface area contributed by atoms with Gasteiger partial charge in [-0.1, -0.05) is 22.9 Å². The van der Waals surface area contributed by atoms with Crippen molar-refractivity contribution in [1.82, 2.24) is 4.72 Å². The van der Waals surface area contributed by atoms with Crippen LogP contribution in [0, 0.1) is 0 Å². The molecule has 0 aromatic heterocycles. The van der Waals surface area contributed by atoms with Gasteiger partial charge in [-0.3, -0.25) is 4.79 Å². The molecule has 0 spiro atoms. The van der Waals surface area contributed by atoms with Crippen molar-refractivity contribution in [3.8, 4) is 5.75 Å². The number of sulfonamides is 1. The topological polar surface area (TPSA) is 84.5 Å². The van der Waals surface area contributed by atoms with E-state index in [0.717, 1.165) is 4.47 Å². The Kier molecular flexibility index (Phi) is 6.57. The van der Waals surface area contributed by atoms with Crippen molar-refractivity contribution in [1.29, 1.82) is 0 Å². The third-order valence-electron chi connectivity index (χ3n) is 3.36. The van der Waals surface area contributed by atoms with Crippen LogP contribution in [0.3, 0.4) is 0 Å². The van der Waals surface area contributed by atoms with Crippen LogP contribution < -0.4 is 14.8 Å². The molecule has 0 aliphatic rings. The lowest BCUT2D eigenvalue weighted by molar-refractivity contribution is 0.102. The molecule has 0 fully saturated rings. The van der Waals surface area contributed by atoms with E-state index in [1.807, 2.05) is 6.92 Å². The second-order valence-corrected chi connectivity index (χ2v) is 7.88. The third-order valence-corrected chi connectivity index (χ3v) is 5.37. The second kappa shape index (κ2) is 8.46. The van der Waals surface area contributed by atoms with Crippen LogP contribution in [-0.2, 0) is 10.0 Å². The minimum atomic E-state index is -3.76. The molecule has 0 saturated carbocycles. The summed E-state index contributed by atoms with van der Waals surface area (Å²) in [4.78, 5) is 12.3. The summed E-state index contributed by atoms with van der Waals surface area (Å²) in [7, 11) is -2.38. The first-order valence-corrected chi connectivity index (χ1v) is 9.89. The summed E-state index contributed by atoms with van der Waals surface area (Å²) in [6, 6.07) is 11.4. The fraction of sp³-hybridized carbons (Fsp3) is 0.235. The van der Waals surface area contributed by atoms with Crippen LogP contribution in [0.4, 0.5) is 5.69 Å². The zero-order valence-corrected chi connectivity index (χ0v) is 16.3. The minimum Gasteiger partial charge on any atom is -0.495 e. The van der Waals surface area contributed by atoms with Crippen molar-refractivity contribution >= 4 is 37.5 Å². The highest BCUT2D eigenvalue weighted by atomic mass is 79.9. The smallest absolute Gasteiger partial charge is 0.255 e. The summed E-state index contributed by atoms with van der Waals surface area (Å²) in [5.74, 6) is -0.222. The molecule has 6 nitrogen and oxygen atoms in total. The maximum atomic E-state index is 12.4. The Morgan fingerprint density at radius 2 is 1.84 bits per heavy atom. The number of carbonyl (C=O) groups is 1. The first-order chi connectivity index (χ1) is 11.9. The van der Waals surface area contributed by atoms with Crippen molar-refractivity contribution in [2.45, 2.75) is 18.2 Å². The van der Waals surface area contributed by atoms with Crippen LogP contribution in [0.1, 0.15) is 23.7 Å². The standard InChI is InChI=1S/C17H19BrN2O4S/c1-3-10-19-25(22,23)16-11-12(4-9-15(16)24-2)17(21)20-14-7-5-13(18)6-8-14/h4-9,11,19H,3,10H2,1-2H3,(H,20,21). The van der Waals surface area contributed by atoms with Crippen molar-refractivity contribution in [3.05, 3.63) is 52.5 Å². The fourth-order valence-corrected chi connectivity index (χ4v) is 3.67. The van der Waals surface area contributed by atoms with Gasteiger partial charge in [-0.05, 0) is 48.9 Å². The molecule has 25 heavy (non-hydrogen) atoms. The molecule has 0 radical (unpaired) electrons. The van der Waals surface area contributed by atoms with Crippen LogP contribution in [0.15, 0.2) is 51.8 Å². The van der Waals surface area contributed by atoms with Crippen LogP contribution in [-0.4, -0.2) is 28.0 Å². The van der Waals surface area contributed by atoms with Gasteiger partial charge in [-0.25, -0.2) is 13.1 Å². The number of halogens is 1. The molecule has 0 heterocycles. The Morgan fingerprint density at radius 1 is 1.16 bits per heavy atom. The average molecular weight is 427 g/mol. The van der Waals surface area contributed by atoms with Crippen molar-refractivity contribution in [2.75, 3.05) is 19.0 Å². The van der Waals surface area contributed by atoms with E-state index in [1.54, 1.807) is 24.3 Å². The molecule has 0 atom stereocenters. The number of benzene rings is 2. The molecule has 8 heteroatoms. The maximum absolute atomic E-state index is 12.4. The van der Waals surface area contributed by atoms with Crippen LogP contribution in [0.5, 0.6) is 5.75 Å². The predicted molar refractivity (Wildman–Crippen MR) is 101 cm³/mol. The summed E-state index contributed by atoms with van der Waals surface area (Å²) in [5.41, 5.74) is 0.832. The fourth-order valence-electron chi connectivity index (χ4n) is 2.08. The molecule has 134 valence electrons. The molecule has 0 aliphatic heterocycles. The molecule has 2 aromatic rings. The van der Waals surface area contributed by atoms with Gasteiger partial charge in [0.05, 0.1) is 7.11 Å². The summed E-state index contributed by atoms with van der Waals surface area (Å²) >= 11 is 3.32. The summed E-state index contributed by atoms with van der Waals surface area (Å²) < 4.78 is 33.3. The van der Waals surface area contributed by atoms with Crippen molar-refractivity contribution < 1.29 is 17.9 Å². The molecule has 0 saturated heterocycles. The minimum absolute atomic E-state index is 0.0630. The predicted octanol–water partition coefficient (Wildman–Crippen LogP) is 3.40. The monoisotopic (exact) mass is 426 g/mol. The number of hydrogen-bond acceptors (Lipinski definition) is 4. The Balaban J connectivity index is 2.31. The highest BCUT2D eigenvalue weighted by Crippen LogP contribution is 2.25. The van der Waals surface area contributed by atoms with Gasteiger partial charge in [0.25, 0.3) is 5.91 Å². The quantitative estimate of drug-likeness (QED) is 0.710. The second-order valence-electron chi connectivity index (χ2n) is 5.22. The molecule has 1 amide bonds. The Hall–Kier alpha value is -1.90. The van der Waals surface area contributed by atoms with E-state index in [-0.39, 0.29) is 16.2 Å². The van der Waals surface area contributed by atoms with Crippen LogP contribution in [0.25, 0.3) is 0 Å².